The first-order chi connectivity index (χ1) is 17.5. The highest BCUT2D eigenvalue weighted by molar-refractivity contribution is 5.96. The predicted octanol–water partition coefficient (Wildman–Crippen LogP) is 5.24. The second-order valence-corrected chi connectivity index (χ2v) is 9.63. The third-order valence-electron chi connectivity index (χ3n) is 7.51. The van der Waals surface area contributed by atoms with Crippen molar-refractivity contribution in [2.24, 2.45) is 5.92 Å². The smallest absolute Gasteiger partial charge is 0.322 e. The SMILES string of the molecule is O=C([C@H](Cc1ccccc1)N1Cc2c(ccc(F)c2F)NC1=O)N1C[C@H]2C[C@@H]1C=C2c1ccccc1. The lowest BCUT2D eigenvalue weighted by Crippen LogP contribution is -2.55. The Morgan fingerprint density at radius 1 is 1.00 bits per heavy atom. The highest BCUT2D eigenvalue weighted by atomic mass is 19.2. The number of anilines is 1. The molecular weight excluding hydrogens is 460 g/mol. The molecule has 182 valence electrons. The second-order valence-electron chi connectivity index (χ2n) is 9.63. The van der Waals surface area contributed by atoms with Crippen molar-refractivity contribution in [1.29, 1.82) is 0 Å². The minimum absolute atomic E-state index is 0.0506. The zero-order valence-electron chi connectivity index (χ0n) is 19.5. The molecule has 1 fully saturated rings. The number of amides is 3. The first-order valence-electron chi connectivity index (χ1n) is 12.2. The summed E-state index contributed by atoms with van der Waals surface area (Å²) < 4.78 is 28.6. The third kappa shape index (κ3) is 3.85. The van der Waals surface area contributed by atoms with Gasteiger partial charge in [-0.25, -0.2) is 13.6 Å². The highest BCUT2D eigenvalue weighted by Gasteiger charge is 2.45. The Morgan fingerprint density at radius 2 is 1.72 bits per heavy atom. The van der Waals surface area contributed by atoms with E-state index in [1.807, 2.05) is 53.4 Å². The lowest BCUT2D eigenvalue weighted by Gasteiger charge is -2.38. The van der Waals surface area contributed by atoms with Gasteiger partial charge in [0.05, 0.1) is 18.3 Å². The van der Waals surface area contributed by atoms with Crippen molar-refractivity contribution in [3.63, 3.8) is 0 Å². The van der Waals surface area contributed by atoms with E-state index in [9.17, 15) is 18.4 Å². The van der Waals surface area contributed by atoms with Gasteiger partial charge in [-0.05, 0) is 35.3 Å². The fourth-order valence-corrected chi connectivity index (χ4v) is 5.71. The molecule has 0 spiro atoms. The zero-order valence-corrected chi connectivity index (χ0v) is 19.5. The number of nitrogens with one attached hydrogen (secondary N) is 1. The summed E-state index contributed by atoms with van der Waals surface area (Å²) in [7, 11) is 0. The van der Waals surface area contributed by atoms with E-state index < -0.39 is 23.7 Å². The largest absolute Gasteiger partial charge is 0.334 e. The van der Waals surface area contributed by atoms with Gasteiger partial charge in [0.25, 0.3) is 0 Å². The minimum atomic E-state index is -1.00. The topological polar surface area (TPSA) is 52.7 Å². The van der Waals surface area contributed by atoms with Crippen LogP contribution in [0.3, 0.4) is 0 Å². The summed E-state index contributed by atoms with van der Waals surface area (Å²) in [6.07, 6.45) is 3.28. The van der Waals surface area contributed by atoms with Crippen LogP contribution in [-0.4, -0.2) is 40.4 Å². The van der Waals surface area contributed by atoms with E-state index in [4.69, 9.17) is 0 Å². The van der Waals surface area contributed by atoms with Gasteiger partial charge < -0.3 is 15.1 Å². The van der Waals surface area contributed by atoms with Gasteiger partial charge in [0.1, 0.15) is 6.04 Å². The zero-order chi connectivity index (χ0) is 24.8. The summed E-state index contributed by atoms with van der Waals surface area (Å²) >= 11 is 0. The molecule has 5 nitrogen and oxygen atoms in total. The molecule has 0 unspecified atom stereocenters. The van der Waals surface area contributed by atoms with E-state index in [0.29, 0.717) is 6.54 Å². The number of likely N-dealkylation sites (tertiary alicyclic amines) is 1. The molecule has 1 aliphatic carbocycles. The van der Waals surface area contributed by atoms with Gasteiger partial charge in [-0.1, -0.05) is 66.7 Å². The summed E-state index contributed by atoms with van der Waals surface area (Å²) in [6.45, 7) is 0.394. The van der Waals surface area contributed by atoms with Crippen LogP contribution in [-0.2, 0) is 17.8 Å². The molecule has 36 heavy (non-hydrogen) atoms. The molecule has 6 rings (SSSR count). The van der Waals surface area contributed by atoms with Crippen molar-refractivity contribution in [1.82, 2.24) is 9.80 Å². The molecule has 2 bridgehead atoms. The van der Waals surface area contributed by atoms with Crippen LogP contribution in [0.2, 0.25) is 0 Å². The summed E-state index contributed by atoms with van der Waals surface area (Å²) in [5, 5.41) is 2.65. The molecule has 0 radical (unpaired) electrons. The lowest BCUT2D eigenvalue weighted by molar-refractivity contribution is -0.136. The summed E-state index contributed by atoms with van der Waals surface area (Å²) in [6, 6.07) is 20.6. The van der Waals surface area contributed by atoms with E-state index in [0.717, 1.165) is 18.1 Å². The predicted molar refractivity (Wildman–Crippen MR) is 133 cm³/mol. The quantitative estimate of drug-likeness (QED) is 0.538. The Labute approximate surface area is 208 Å². The maximum absolute atomic E-state index is 14.6. The molecule has 1 saturated heterocycles. The number of carbonyl (C=O) groups excluding carboxylic acids is 2. The van der Waals surface area contributed by atoms with E-state index in [-0.39, 0.29) is 42.1 Å². The number of hydrogen-bond acceptors (Lipinski definition) is 2. The second kappa shape index (κ2) is 8.90. The molecule has 3 amide bonds. The van der Waals surface area contributed by atoms with E-state index in [2.05, 4.69) is 23.5 Å². The highest BCUT2D eigenvalue weighted by Crippen LogP contribution is 2.43. The number of rotatable bonds is 5. The third-order valence-corrected chi connectivity index (χ3v) is 7.51. The fraction of sp³-hybridized carbons (Fsp3) is 0.241. The van der Waals surface area contributed by atoms with Crippen LogP contribution in [0.15, 0.2) is 78.9 Å². The van der Waals surface area contributed by atoms with Gasteiger partial charge in [0.2, 0.25) is 5.91 Å². The summed E-state index contributed by atoms with van der Waals surface area (Å²) in [5.74, 6) is -1.92. The van der Waals surface area contributed by atoms with Gasteiger partial charge in [-0.15, -0.1) is 0 Å². The maximum Gasteiger partial charge on any atom is 0.322 e. The molecule has 0 aromatic heterocycles. The van der Waals surface area contributed by atoms with Gasteiger partial charge in [0, 0.05) is 24.4 Å². The first kappa shape index (κ1) is 22.5. The molecule has 0 saturated carbocycles. The van der Waals surface area contributed by atoms with Crippen LogP contribution < -0.4 is 5.32 Å². The summed E-state index contributed by atoms with van der Waals surface area (Å²) in [5.41, 5.74) is 3.60. The average molecular weight is 486 g/mol. The van der Waals surface area contributed by atoms with Gasteiger partial charge in [-0.3, -0.25) is 4.79 Å². The molecule has 2 aliphatic heterocycles. The average Bonchev–Trinajstić information content (AvgIpc) is 3.52. The van der Waals surface area contributed by atoms with Crippen LogP contribution in [0.5, 0.6) is 0 Å². The number of halogens is 2. The maximum atomic E-state index is 14.6. The van der Waals surface area contributed by atoms with Gasteiger partial charge >= 0.3 is 6.03 Å². The van der Waals surface area contributed by atoms with Gasteiger partial charge in [0.15, 0.2) is 11.6 Å². The Morgan fingerprint density at radius 3 is 2.42 bits per heavy atom. The molecule has 3 aromatic rings. The molecular formula is C29H25F2N3O2. The van der Waals surface area contributed by atoms with Crippen molar-refractivity contribution in [2.75, 3.05) is 11.9 Å². The van der Waals surface area contributed by atoms with E-state index >= 15 is 0 Å². The molecule has 3 atom stereocenters. The lowest BCUT2D eigenvalue weighted by atomic mass is 9.95. The monoisotopic (exact) mass is 485 g/mol. The van der Waals surface area contributed by atoms with Crippen molar-refractivity contribution in [3.05, 3.63) is 107 Å². The molecule has 3 aliphatic rings. The Balaban J connectivity index is 1.31. The Bertz CT molecular complexity index is 1360. The number of hydrogen-bond donors (Lipinski definition) is 1. The van der Waals surface area contributed by atoms with Crippen molar-refractivity contribution in [2.45, 2.75) is 31.5 Å². The standard InChI is InChI=1S/C29H25F2N3O2/c30-24-11-12-25-23(27(24)31)17-34(29(36)32-25)26(13-18-7-3-1-4-8-18)28(35)33-16-20-14-21(33)15-22(20)19-9-5-2-6-10-19/h1-12,15,20-21,26H,13-14,16-17H2,(H,32,36)/t20-,21-,26+/m1/s1. The van der Waals surface area contributed by atoms with Crippen LogP contribution >= 0.6 is 0 Å². The molecule has 1 N–H and O–H groups in total. The van der Waals surface area contributed by atoms with Crippen molar-refractivity contribution in [3.8, 4) is 0 Å². The Hall–Kier alpha value is -4.00. The first-order valence-corrected chi connectivity index (χ1v) is 12.2. The minimum Gasteiger partial charge on any atom is -0.334 e. The fourth-order valence-electron chi connectivity index (χ4n) is 5.71. The van der Waals surface area contributed by atoms with Gasteiger partial charge in [-0.2, -0.15) is 0 Å². The molecule has 3 aromatic carbocycles. The van der Waals surface area contributed by atoms with Crippen LogP contribution in [0.25, 0.3) is 5.57 Å². The normalized spacial score (nSPS) is 21.2. The van der Waals surface area contributed by atoms with Crippen molar-refractivity contribution < 1.29 is 18.4 Å². The van der Waals surface area contributed by atoms with Crippen LogP contribution in [0, 0.1) is 17.6 Å². The number of fused-ring (bicyclic) bond motifs is 3. The van der Waals surface area contributed by atoms with Crippen LogP contribution in [0.4, 0.5) is 19.3 Å². The number of urea groups is 1. The molecule has 7 heteroatoms. The number of carbonyl (C=O) groups is 2. The van der Waals surface area contributed by atoms with E-state index in [1.54, 1.807) is 0 Å². The number of nitrogens with zero attached hydrogens (tertiary/aromatic N) is 2. The molecule has 2 heterocycles. The number of benzene rings is 3. The van der Waals surface area contributed by atoms with Crippen LogP contribution in [0.1, 0.15) is 23.1 Å². The van der Waals surface area contributed by atoms with Crippen molar-refractivity contribution >= 4 is 23.2 Å². The Kier molecular flexibility index (Phi) is 5.55. The summed E-state index contributed by atoms with van der Waals surface area (Å²) in [4.78, 5) is 30.3. The van der Waals surface area contributed by atoms with E-state index in [1.165, 1.54) is 22.1 Å².